The highest BCUT2D eigenvalue weighted by Gasteiger charge is 2.25. The molecule has 2 atom stereocenters. The lowest BCUT2D eigenvalue weighted by Gasteiger charge is -2.30. The second kappa shape index (κ2) is 6.95. The summed E-state index contributed by atoms with van der Waals surface area (Å²) in [5, 5.41) is 0.476. The molecule has 5 heteroatoms. The second-order valence-corrected chi connectivity index (χ2v) is 5.79. The monoisotopic (exact) mass is 296 g/mol. The molecule has 0 saturated heterocycles. The number of hydrogen-bond donors (Lipinski definition) is 2. The molecule has 0 spiro atoms. The molecule has 1 fully saturated rings. The van der Waals surface area contributed by atoms with E-state index in [0.717, 1.165) is 12.8 Å². The topological polar surface area (TPSA) is 78.3 Å². The van der Waals surface area contributed by atoms with Crippen molar-refractivity contribution in [1.29, 1.82) is 0 Å². The number of rotatable bonds is 5. The van der Waals surface area contributed by atoms with Gasteiger partial charge in [0, 0.05) is 5.02 Å². The third-order valence-corrected chi connectivity index (χ3v) is 4.26. The summed E-state index contributed by atoms with van der Waals surface area (Å²) in [4.78, 5) is 11.4. The first-order valence-corrected chi connectivity index (χ1v) is 7.42. The van der Waals surface area contributed by atoms with E-state index in [9.17, 15) is 4.79 Å². The fourth-order valence-electron chi connectivity index (χ4n) is 2.83. The second-order valence-electron chi connectivity index (χ2n) is 5.36. The van der Waals surface area contributed by atoms with E-state index >= 15 is 0 Å². The molecule has 1 saturated carbocycles. The van der Waals surface area contributed by atoms with Crippen molar-refractivity contribution >= 4 is 17.5 Å². The standard InChI is InChI=1S/C15H21ClN2O2/c16-12-5-6-14(13(7-12)15(18)19)20-9-11-4-2-1-3-10(11)8-17/h5-7,10-11H,1-4,8-9,17H2,(H2,18,19). The molecule has 20 heavy (non-hydrogen) atoms. The van der Waals surface area contributed by atoms with Gasteiger partial charge in [-0.05, 0) is 49.4 Å². The molecule has 0 radical (unpaired) electrons. The van der Waals surface area contributed by atoms with Gasteiger partial charge in [0.1, 0.15) is 5.75 Å². The number of amides is 1. The minimum Gasteiger partial charge on any atom is -0.492 e. The van der Waals surface area contributed by atoms with E-state index in [1.54, 1.807) is 18.2 Å². The van der Waals surface area contributed by atoms with Gasteiger partial charge in [-0.15, -0.1) is 0 Å². The fourth-order valence-corrected chi connectivity index (χ4v) is 3.00. The van der Waals surface area contributed by atoms with Crippen LogP contribution in [0.2, 0.25) is 5.02 Å². The van der Waals surface area contributed by atoms with Gasteiger partial charge in [0.2, 0.25) is 0 Å². The van der Waals surface area contributed by atoms with Crippen LogP contribution in [0.5, 0.6) is 5.75 Å². The fraction of sp³-hybridized carbons (Fsp3) is 0.533. The number of primary amides is 1. The molecular weight excluding hydrogens is 276 g/mol. The predicted molar refractivity (Wildman–Crippen MR) is 80.0 cm³/mol. The first-order chi connectivity index (χ1) is 9.61. The molecule has 4 nitrogen and oxygen atoms in total. The molecule has 4 N–H and O–H groups in total. The van der Waals surface area contributed by atoms with Crippen LogP contribution in [0.4, 0.5) is 0 Å². The summed E-state index contributed by atoms with van der Waals surface area (Å²) >= 11 is 5.88. The van der Waals surface area contributed by atoms with Gasteiger partial charge in [0.05, 0.1) is 12.2 Å². The molecule has 0 aromatic heterocycles. The van der Waals surface area contributed by atoms with Gasteiger partial charge >= 0.3 is 0 Å². The van der Waals surface area contributed by atoms with Crippen LogP contribution >= 0.6 is 11.6 Å². The van der Waals surface area contributed by atoms with Gasteiger partial charge in [0.15, 0.2) is 0 Å². The van der Waals surface area contributed by atoms with E-state index in [-0.39, 0.29) is 0 Å². The highest BCUT2D eigenvalue weighted by Crippen LogP contribution is 2.31. The lowest BCUT2D eigenvalue weighted by atomic mass is 9.80. The zero-order valence-corrected chi connectivity index (χ0v) is 12.2. The van der Waals surface area contributed by atoms with Gasteiger partial charge in [0.25, 0.3) is 5.91 Å². The van der Waals surface area contributed by atoms with Crippen LogP contribution in [0.15, 0.2) is 18.2 Å². The molecule has 2 rings (SSSR count). The van der Waals surface area contributed by atoms with Crippen LogP contribution in [-0.4, -0.2) is 19.1 Å². The summed E-state index contributed by atoms with van der Waals surface area (Å²) < 4.78 is 5.81. The molecule has 0 bridgehead atoms. The Morgan fingerprint density at radius 2 is 2.00 bits per heavy atom. The maximum Gasteiger partial charge on any atom is 0.252 e. The van der Waals surface area contributed by atoms with Crippen molar-refractivity contribution in [3.05, 3.63) is 28.8 Å². The molecule has 1 aliphatic carbocycles. The third kappa shape index (κ3) is 3.64. The van der Waals surface area contributed by atoms with Crippen LogP contribution in [-0.2, 0) is 0 Å². The largest absolute Gasteiger partial charge is 0.492 e. The number of benzene rings is 1. The zero-order chi connectivity index (χ0) is 14.5. The molecule has 1 aromatic rings. The molecule has 2 unspecified atom stereocenters. The number of hydrogen-bond acceptors (Lipinski definition) is 3. The normalized spacial score (nSPS) is 22.5. The Kier molecular flexibility index (Phi) is 5.26. The van der Waals surface area contributed by atoms with Gasteiger partial charge in [-0.2, -0.15) is 0 Å². The lowest BCUT2D eigenvalue weighted by Crippen LogP contribution is -2.31. The molecule has 1 amide bonds. The molecule has 0 aliphatic heterocycles. The number of ether oxygens (including phenoxy) is 1. The van der Waals surface area contributed by atoms with Crippen molar-refractivity contribution in [2.75, 3.05) is 13.2 Å². The Morgan fingerprint density at radius 3 is 2.65 bits per heavy atom. The summed E-state index contributed by atoms with van der Waals surface area (Å²) in [5.41, 5.74) is 11.5. The van der Waals surface area contributed by atoms with Gasteiger partial charge in [-0.25, -0.2) is 0 Å². The Hall–Kier alpha value is -1.26. The van der Waals surface area contributed by atoms with Crippen molar-refractivity contribution in [1.82, 2.24) is 0 Å². The van der Waals surface area contributed by atoms with Gasteiger partial charge in [-0.1, -0.05) is 24.4 Å². The molecular formula is C15H21ClN2O2. The molecule has 1 aliphatic rings. The number of carbonyl (C=O) groups is 1. The van der Waals surface area contributed by atoms with E-state index in [4.69, 9.17) is 27.8 Å². The number of halogens is 1. The summed E-state index contributed by atoms with van der Waals surface area (Å²) in [6.07, 6.45) is 4.74. The summed E-state index contributed by atoms with van der Waals surface area (Å²) in [6.45, 7) is 1.26. The van der Waals surface area contributed by atoms with Crippen LogP contribution in [0.3, 0.4) is 0 Å². The van der Waals surface area contributed by atoms with Crippen LogP contribution in [0, 0.1) is 11.8 Å². The van der Waals surface area contributed by atoms with Gasteiger partial charge in [-0.3, -0.25) is 4.79 Å². The molecule has 0 heterocycles. The highest BCUT2D eigenvalue weighted by atomic mass is 35.5. The van der Waals surface area contributed by atoms with Crippen molar-refractivity contribution in [3.8, 4) is 5.75 Å². The minimum absolute atomic E-state index is 0.331. The Labute approximate surface area is 124 Å². The first kappa shape index (κ1) is 15.1. The average Bonchev–Trinajstić information content (AvgIpc) is 2.46. The van der Waals surface area contributed by atoms with E-state index < -0.39 is 5.91 Å². The summed E-state index contributed by atoms with van der Waals surface area (Å²) in [5.74, 6) is 0.933. The average molecular weight is 297 g/mol. The highest BCUT2D eigenvalue weighted by molar-refractivity contribution is 6.31. The predicted octanol–water partition coefficient (Wildman–Crippen LogP) is 2.58. The van der Waals surface area contributed by atoms with Crippen molar-refractivity contribution in [2.24, 2.45) is 23.3 Å². The van der Waals surface area contributed by atoms with Crippen LogP contribution in [0.25, 0.3) is 0 Å². The maximum absolute atomic E-state index is 11.4. The van der Waals surface area contributed by atoms with E-state index in [0.29, 0.717) is 41.3 Å². The Balaban J connectivity index is 2.04. The minimum atomic E-state index is -0.526. The maximum atomic E-state index is 11.4. The van der Waals surface area contributed by atoms with Gasteiger partial charge < -0.3 is 16.2 Å². The van der Waals surface area contributed by atoms with E-state index in [1.165, 1.54) is 12.8 Å². The third-order valence-electron chi connectivity index (χ3n) is 4.03. The quantitative estimate of drug-likeness (QED) is 0.876. The van der Waals surface area contributed by atoms with Crippen molar-refractivity contribution in [2.45, 2.75) is 25.7 Å². The smallest absolute Gasteiger partial charge is 0.252 e. The number of nitrogens with two attached hydrogens (primary N) is 2. The Morgan fingerprint density at radius 1 is 1.30 bits per heavy atom. The summed E-state index contributed by atoms with van der Waals surface area (Å²) in [6, 6.07) is 4.94. The zero-order valence-electron chi connectivity index (χ0n) is 11.5. The van der Waals surface area contributed by atoms with Crippen molar-refractivity contribution in [3.63, 3.8) is 0 Å². The molecule has 1 aromatic carbocycles. The lowest BCUT2D eigenvalue weighted by molar-refractivity contribution is 0.0991. The Bertz CT molecular complexity index is 479. The molecule has 110 valence electrons. The SMILES string of the molecule is NCC1CCCCC1COc1ccc(Cl)cc1C(N)=O. The van der Waals surface area contributed by atoms with Crippen molar-refractivity contribution < 1.29 is 9.53 Å². The summed E-state index contributed by atoms with van der Waals surface area (Å²) in [7, 11) is 0. The first-order valence-electron chi connectivity index (χ1n) is 7.04. The van der Waals surface area contributed by atoms with E-state index in [2.05, 4.69) is 0 Å². The number of carbonyl (C=O) groups excluding carboxylic acids is 1. The van der Waals surface area contributed by atoms with Crippen LogP contribution in [0.1, 0.15) is 36.0 Å². The van der Waals surface area contributed by atoms with E-state index in [1.807, 2.05) is 0 Å². The van der Waals surface area contributed by atoms with Crippen LogP contribution < -0.4 is 16.2 Å².